The Hall–Kier alpha value is -1.39. The van der Waals surface area contributed by atoms with Gasteiger partial charge in [0.15, 0.2) is 0 Å². The molecule has 0 radical (unpaired) electrons. The molecule has 0 saturated heterocycles. The van der Waals surface area contributed by atoms with Crippen molar-refractivity contribution in [1.82, 2.24) is 9.78 Å². The first kappa shape index (κ1) is 11.1. The zero-order valence-electron chi connectivity index (χ0n) is 8.53. The van der Waals surface area contributed by atoms with Gasteiger partial charge in [-0.15, -0.1) is 0 Å². The molecular formula is C11H11ClFN3. The largest absolute Gasteiger partial charge is 0.326 e. The second-order valence-corrected chi connectivity index (χ2v) is 3.91. The Balaban J connectivity index is 2.27. The maximum absolute atomic E-state index is 13.0. The lowest BCUT2D eigenvalue weighted by Crippen LogP contribution is -2.07. The molecule has 0 fully saturated rings. The summed E-state index contributed by atoms with van der Waals surface area (Å²) in [4.78, 5) is 0. The van der Waals surface area contributed by atoms with Gasteiger partial charge in [-0.3, -0.25) is 4.68 Å². The van der Waals surface area contributed by atoms with Gasteiger partial charge in [-0.05, 0) is 23.3 Å². The highest BCUT2D eigenvalue weighted by atomic mass is 35.5. The third kappa shape index (κ3) is 2.40. The van der Waals surface area contributed by atoms with Crippen LogP contribution in [0.2, 0.25) is 5.02 Å². The van der Waals surface area contributed by atoms with Gasteiger partial charge in [0.25, 0.3) is 0 Å². The third-order valence-corrected chi connectivity index (χ3v) is 2.52. The van der Waals surface area contributed by atoms with Crippen LogP contribution in [-0.4, -0.2) is 9.78 Å². The van der Waals surface area contributed by atoms with Gasteiger partial charge in [0.2, 0.25) is 0 Å². The highest BCUT2D eigenvalue weighted by molar-refractivity contribution is 6.30. The highest BCUT2D eigenvalue weighted by Crippen LogP contribution is 2.13. The molecule has 2 aromatic rings. The molecule has 16 heavy (non-hydrogen) atoms. The number of hydrogen-bond donors (Lipinski definition) is 1. The Morgan fingerprint density at radius 2 is 2.19 bits per heavy atom. The predicted octanol–water partition coefficient (Wildman–Crippen LogP) is 2.18. The van der Waals surface area contributed by atoms with E-state index in [1.807, 2.05) is 0 Å². The molecule has 0 aliphatic heterocycles. The number of hydrogen-bond acceptors (Lipinski definition) is 2. The third-order valence-electron chi connectivity index (χ3n) is 2.32. The average molecular weight is 240 g/mol. The van der Waals surface area contributed by atoms with E-state index in [9.17, 15) is 4.39 Å². The lowest BCUT2D eigenvalue weighted by atomic mass is 10.1. The predicted molar refractivity (Wildman–Crippen MR) is 60.6 cm³/mol. The average Bonchev–Trinajstić information content (AvgIpc) is 2.67. The Morgan fingerprint density at radius 3 is 2.81 bits per heavy atom. The molecular weight excluding hydrogens is 229 g/mol. The molecule has 0 saturated carbocycles. The van der Waals surface area contributed by atoms with Crippen molar-refractivity contribution in [1.29, 1.82) is 0 Å². The summed E-state index contributed by atoms with van der Waals surface area (Å²) in [6.07, 6.45) is 3.28. The van der Waals surface area contributed by atoms with Crippen molar-refractivity contribution in [3.05, 3.63) is 52.6 Å². The van der Waals surface area contributed by atoms with Crippen molar-refractivity contribution in [2.45, 2.75) is 13.1 Å². The molecule has 1 heterocycles. The number of nitrogens with zero attached hydrogens (tertiary/aromatic N) is 2. The molecule has 0 spiro atoms. The van der Waals surface area contributed by atoms with Gasteiger partial charge in [-0.1, -0.05) is 17.7 Å². The van der Waals surface area contributed by atoms with Gasteiger partial charge in [-0.25, -0.2) is 4.39 Å². The van der Waals surface area contributed by atoms with Crippen LogP contribution in [0.25, 0.3) is 0 Å². The van der Waals surface area contributed by atoms with Crippen molar-refractivity contribution in [2.75, 3.05) is 0 Å². The van der Waals surface area contributed by atoms with E-state index >= 15 is 0 Å². The first-order valence-corrected chi connectivity index (χ1v) is 5.22. The Morgan fingerprint density at radius 1 is 1.38 bits per heavy atom. The van der Waals surface area contributed by atoms with Crippen molar-refractivity contribution in [2.24, 2.45) is 5.73 Å². The molecule has 5 heteroatoms. The molecule has 0 unspecified atom stereocenters. The van der Waals surface area contributed by atoms with Crippen LogP contribution in [0.5, 0.6) is 0 Å². The summed E-state index contributed by atoms with van der Waals surface area (Å²) in [5.74, 6) is -0.275. The van der Waals surface area contributed by atoms with Crippen molar-refractivity contribution >= 4 is 11.6 Å². The van der Waals surface area contributed by atoms with Crippen molar-refractivity contribution in [3.63, 3.8) is 0 Å². The number of benzene rings is 1. The summed E-state index contributed by atoms with van der Waals surface area (Å²) in [5, 5.41) is 4.64. The van der Waals surface area contributed by atoms with Crippen LogP contribution in [0.15, 0.2) is 30.6 Å². The monoisotopic (exact) mass is 239 g/mol. The lowest BCUT2D eigenvalue weighted by molar-refractivity contribution is 0.620. The van der Waals surface area contributed by atoms with Crippen LogP contribution in [0.3, 0.4) is 0 Å². The van der Waals surface area contributed by atoms with E-state index in [1.54, 1.807) is 23.1 Å². The van der Waals surface area contributed by atoms with Crippen LogP contribution in [0.1, 0.15) is 11.1 Å². The zero-order valence-corrected chi connectivity index (χ0v) is 9.28. The van der Waals surface area contributed by atoms with Crippen molar-refractivity contribution in [3.8, 4) is 0 Å². The van der Waals surface area contributed by atoms with E-state index in [0.717, 1.165) is 11.1 Å². The summed E-state index contributed by atoms with van der Waals surface area (Å²) in [5.41, 5.74) is 7.29. The van der Waals surface area contributed by atoms with Gasteiger partial charge in [0, 0.05) is 12.7 Å². The van der Waals surface area contributed by atoms with Crippen LogP contribution in [0.4, 0.5) is 4.39 Å². The maximum atomic E-state index is 13.0. The Bertz CT molecular complexity index is 496. The standard InChI is InChI=1S/C11H11ClFN3/c12-10-5-15-16(7-10)6-8-1-2-11(13)3-9(8)4-14/h1-3,5,7H,4,6,14H2. The summed E-state index contributed by atoms with van der Waals surface area (Å²) in [7, 11) is 0. The van der Waals surface area contributed by atoms with Crippen LogP contribution >= 0.6 is 11.6 Å². The molecule has 1 aromatic heterocycles. The fraction of sp³-hybridized carbons (Fsp3) is 0.182. The lowest BCUT2D eigenvalue weighted by Gasteiger charge is -2.07. The molecule has 0 aliphatic carbocycles. The minimum Gasteiger partial charge on any atom is -0.326 e. The number of halogens is 2. The molecule has 0 atom stereocenters. The molecule has 1 aromatic carbocycles. The molecule has 0 bridgehead atoms. The van der Waals surface area contributed by atoms with Gasteiger partial charge in [-0.2, -0.15) is 5.10 Å². The summed E-state index contributed by atoms with van der Waals surface area (Å²) < 4.78 is 14.7. The first-order chi connectivity index (χ1) is 7.69. The fourth-order valence-corrected chi connectivity index (χ4v) is 1.69. The summed E-state index contributed by atoms with van der Waals surface area (Å²) >= 11 is 5.76. The number of rotatable bonds is 3. The van der Waals surface area contributed by atoms with Crippen LogP contribution in [0, 0.1) is 5.82 Å². The van der Waals surface area contributed by atoms with E-state index < -0.39 is 0 Å². The Labute approximate surface area is 97.6 Å². The molecule has 84 valence electrons. The summed E-state index contributed by atoms with van der Waals surface area (Å²) in [6, 6.07) is 4.58. The van der Waals surface area contributed by atoms with Crippen molar-refractivity contribution < 1.29 is 4.39 Å². The second-order valence-electron chi connectivity index (χ2n) is 3.47. The smallest absolute Gasteiger partial charge is 0.123 e. The van der Waals surface area contributed by atoms with E-state index in [2.05, 4.69) is 5.10 Å². The topological polar surface area (TPSA) is 43.8 Å². The highest BCUT2D eigenvalue weighted by Gasteiger charge is 2.04. The van der Waals surface area contributed by atoms with Gasteiger partial charge in [0.1, 0.15) is 5.82 Å². The number of aromatic nitrogens is 2. The fourth-order valence-electron chi connectivity index (χ4n) is 1.54. The SMILES string of the molecule is NCc1cc(F)ccc1Cn1cc(Cl)cn1. The molecule has 0 amide bonds. The maximum Gasteiger partial charge on any atom is 0.123 e. The molecule has 2 N–H and O–H groups in total. The van der Waals surface area contributed by atoms with Gasteiger partial charge >= 0.3 is 0 Å². The second kappa shape index (κ2) is 4.63. The summed E-state index contributed by atoms with van der Waals surface area (Å²) in [6.45, 7) is 0.849. The normalized spacial score (nSPS) is 10.7. The minimum atomic E-state index is -0.275. The quantitative estimate of drug-likeness (QED) is 0.892. The molecule has 0 aliphatic rings. The van der Waals surface area contributed by atoms with E-state index in [-0.39, 0.29) is 5.82 Å². The first-order valence-electron chi connectivity index (χ1n) is 4.84. The van der Waals surface area contributed by atoms with E-state index in [0.29, 0.717) is 18.1 Å². The van der Waals surface area contributed by atoms with E-state index in [1.165, 1.54) is 12.1 Å². The molecule has 3 nitrogen and oxygen atoms in total. The van der Waals surface area contributed by atoms with Gasteiger partial charge < -0.3 is 5.73 Å². The van der Waals surface area contributed by atoms with Gasteiger partial charge in [0.05, 0.1) is 17.8 Å². The van der Waals surface area contributed by atoms with Crippen LogP contribution < -0.4 is 5.73 Å². The van der Waals surface area contributed by atoms with Crippen LogP contribution in [-0.2, 0) is 13.1 Å². The molecule has 2 rings (SSSR count). The van der Waals surface area contributed by atoms with E-state index in [4.69, 9.17) is 17.3 Å². The Kier molecular flexibility index (Phi) is 3.22. The number of nitrogens with two attached hydrogens (primary N) is 1. The zero-order chi connectivity index (χ0) is 11.5. The minimum absolute atomic E-state index is 0.275.